The molecule has 3 aliphatic rings. The SMILES string of the molecule is O=C(CN1CCC[C@@H]1c1ccc2c(c1)OCCO2)N1CC=C(c2ccccc2)CC1. The van der Waals surface area contributed by atoms with Crippen LogP contribution in [0.4, 0.5) is 0 Å². The maximum Gasteiger partial charge on any atom is 0.237 e. The summed E-state index contributed by atoms with van der Waals surface area (Å²) in [5.74, 6) is 1.87. The van der Waals surface area contributed by atoms with E-state index in [9.17, 15) is 4.79 Å². The molecule has 0 N–H and O–H groups in total. The molecule has 5 heteroatoms. The van der Waals surface area contributed by atoms with Crippen LogP contribution in [-0.4, -0.2) is 55.1 Å². The number of amides is 1. The van der Waals surface area contributed by atoms with Crippen molar-refractivity contribution in [2.45, 2.75) is 25.3 Å². The highest BCUT2D eigenvalue weighted by Gasteiger charge is 2.30. The topological polar surface area (TPSA) is 42.0 Å². The number of fused-ring (bicyclic) bond motifs is 1. The smallest absolute Gasteiger partial charge is 0.237 e. The van der Waals surface area contributed by atoms with E-state index in [1.165, 1.54) is 16.7 Å². The van der Waals surface area contributed by atoms with E-state index in [1.807, 2.05) is 17.0 Å². The van der Waals surface area contributed by atoms with Gasteiger partial charge in [-0.15, -0.1) is 0 Å². The Morgan fingerprint density at radius 2 is 1.83 bits per heavy atom. The third kappa shape index (κ3) is 3.94. The van der Waals surface area contributed by atoms with E-state index in [0.29, 0.717) is 26.3 Å². The first-order chi connectivity index (χ1) is 14.8. The molecule has 0 aromatic heterocycles. The Labute approximate surface area is 177 Å². The number of carbonyl (C=O) groups is 1. The number of ether oxygens (including phenoxy) is 2. The molecule has 0 spiro atoms. The minimum atomic E-state index is 0.225. The Morgan fingerprint density at radius 1 is 1.00 bits per heavy atom. The van der Waals surface area contributed by atoms with Crippen molar-refractivity contribution in [2.75, 3.05) is 39.4 Å². The normalized spacial score (nSPS) is 21.4. The van der Waals surface area contributed by atoms with Gasteiger partial charge in [-0.25, -0.2) is 0 Å². The molecule has 30 heavy (non-hydrogen) atoms. The fourth-order valence-electron chi connectivity index (χ4n) is 4.74. The lowest BCUT2D eigenvalue weighted by atomic mass is 9.99. The third-order valence-corrected chi connectivity index (χ3v) is 6.36. The minimum Gasteiger partial charge on any atom is -0.486 e. The van der Waals surface area contributed by atoms with Gasteiger partial charge in [0.25, 0.3) is 0 Å². The van der Waals surface area contributed by atoms with Crippen molar-refractivity contribution >= 4 is 11.5 Å². The van der Waals surface area contributed by atoms with E-state index < -0.39 is 0 Å². The lowest BCUT2D eigenvalue weighted by Crippen LogP contribution is -2.42. The zero-order valence-corrected chi connectivity index (χ0v) is 17.3. The fourth-order valence-corrected chi connectivity index (χ4v) is 4.74. The Bertz CT molecular complexity index is 941. The van der Waals surface area contributed by atoms with Crippen LogP contribution in [0.15, 0.2) is 54.6 Å². The van der Waals surface area contributed by atoms with Crippen LogP contribution in [0, 0.1) is 0 Å². The molecule has 0 unspecified atom stereocenters. The summed E-state index contributed by atoms with van der Waals surface area (Å²) in [7, 11) is 0. The Kier molecular flexibility index (Phi) is 5.45. The van der Waals surface area contributed by atoms with Crippen LogP contribution in [-0.2, 0) is 4.79 Å². The van der Waals surface area contributed by atoms with Crippen LogP contribution < -0.4 is 9.47 Å². The molecule has 2 aromatic rings. The summed E-state index contributed by atoms with van der Waals surface area (Å²) < 4.78 is 11.4. The number of likely N-dealkylation sites (tertiary alicyclic amines) is 1. The van der Waals surface area contributed by atoms with Gasteiger partial charge in [0.1, 0.15) is 13.2 Å². The molecule has 1 saturated heterocycles. The molecule has 0 radical (unpaired) electrons. The summed E-state index contributed by atoms with van der Waals surface area (Å²) in [5.41, 5.74) is 3.83. The Morgan fingerprint density at radius 3 is 2.63 bits per heavy atom. The highest BCUT2D eigenvalue weighted by Crippen LogP contribution is 2.38. The maximum atomic E-state index is 13.0. The average molecular weight is 405 g/mol. The Balaban J connectivity index is 1.23. The second-order valence-electron chi connectivity index (χ2n) is 8.22. The van der Waals surface area contributed by atoms with Gasteiger partial charge in [0.15, 0.2) is 11.5 Å². The monoisotopic (exact) mass is 404 g/mol. The van der Waals surface area contributed by atoms with E-state index in [2.05, 4.69) is 47.4 Å². The summed E-state index contributed by atoms with van der Waals surface area (Å²) in [6.07, 6.45) is 5.32. The second kappa shape index (κ2) is 8.52. The van der Waals surface area contributed by atoms with Gasteiger partial charge >= 0.3 is 0 Å². The molecule has 1 atom stereocenters. The van der Waals surface area contributed by atoms with Crippen molar-refractivity contribution in [3.8, 4) is 11.5 Å². The molecule has 2 aromatic carbocycles. The number of benzene rings is 2. The molecule has 1 fully saturated rings. The zero-order valence-electron chi connectivity index (χ0n) is 17.3. The molecule has 5 rings (SSSR count). The van der Waals surface area contributed by atoms with Gasteiger partial charge in [-0.1, -0.05) is 42.5 Å². The quantitative estimate of drug-likeness (QED) is 0.775. The lowest BCUT2D eigenvalue weighted by Gasteiger charge is -2.31. The van der Waals surface area contributed by atoms with Crippen LogP contribution in [0.1, 0.15) is 36.4 Å². The summed E-state index contributed by atoms with van der Waals surface area (Å²) in [6, 6.07) is 17.0. The average Bonchev–Trinajstić information content (AvgIpc) is 3.27. The van der Waals surface area contributed by atoms with Gasteiger partial charge in [-0.05, 0) is 54.6 Å². The van der Waals surface area contributed by atoms with Gasteiger partial charge in [0, 0.05) is 19.1 Å². The molecule has 156 valence electrons. The first kappa shape index (κ1) is 19.2. The van der Waals surface area contributed by atoms with Crippen LogP contribution in [0.5, 0.6) is 11.5 Å². The first-order valence-corrected chi connectivity index (χ1v) is 10.9. The van der Waals surface area contributed by atoms with E-state index in [0.717, 1.165) is 43.9 Å². The molecule has 3 aliphatic heterocycles. The molecular formula is C25H28N2O3. The zero-order chi connectivity index (χ0) is 20.3. The van der Waals surface area contributed by atoms with Crippen LogP contribution in [0.25, 0.3) is 5.57 Å². The van der Waals surface area contributed by atoms with Crippen molar-refractivity contribution in [3.63, 3.8) is 0 Å². The summed E-state index contributed by atoms with van der Waals surface area (Å²) in [5, 5.41) is 0. The number of hydrogen-bond donors (Lipinski definition) is 0. The molecule has 3 heterocycles. The van der Waals surface area contributed by atoms with E-state index in [-0.39, 0.29) is 11.9 Å². The molecule has 1 amide bonds. The van der Waals surface area contributed by atoms with Gasteiger partial charge in [0.2, 0.25) is 5.91 Å². The summed E-state index contributed by atoms with van der Waals surface area (Å²) in [6.45, 7) is 4.13. The first-order valence-electron chi connectivity index (χ1n) is 10.9. The van der Waals surface area contributed by atoms with Crippen molar-refractivity contribution in [1.82, 2.24) is 9.80 Å². The van der Waals surface area contributed by atoms with Crippen LogP contribution in [0.2, 0.25) is 0 Å². The van der Waals surface area contributed by atoms with Crippen LogP contribution >= 0.6 is 0 Å². The number of nitrogens with zero attached hydrogens (tertiary/aromatic N) is 2. The number of rotatable bonds is 4. The maximum absolute atomic E-state index is 13.0. The van der Waals surface area contributed by atoms with Gasteiger partial charge < -0.3 is 14.4 Å². The van der Waals surface area contributed by atoms with Crippen molar-refractivity contribution in [3.05, 3.63) is 65.7 Å². The predicted molar refractivity (Wildman–Crippen MR) is 117 cm³/mol. The number of hydrogen-bond acceptors (Lipinski definition) is 4. The Hall–Kier alpha value is -2.79. The van der Waals surface area contributed by atoms with E-state index in [4.69, 9.17) is 9.47 Å². The highest BCUT2D eigenvalue weighted by atomic mass is 16.6. The van der Waals surface area contributed by atoms with Crippen molar-refractivity contribution < 1.29 is 14.3 Å². The predicted octanol–water partition coefficient (Wildman–Crippen LogP) is 3.91. The van der Waals surface area contributed by atoms with Crippen molar-refractivity contribution in [2.24, 2.45) is 0 Å². The highest BCUT2D eigenvalue weighted by molar-refractivity contribution is 5.80. The lowest BCUT2D eigenvalue weighted by molar-refractivity contribution is -0.132. The molecular weight excluding hydrogens is 376 g/mol. The summed E-state index contributed by atoms with van der Waals surface area (Å²) >= 11 is 0. The van der Waals surface area contributed by atoms with Gasteiger partial charge in [-0.2, -0.15) is 0 Å². The van der Waals surface area contributed by atoms with Crippen LogP contribution in [0.3, 0.4) is 0 Å². The molecule has 5 nitrogen and oxygen atoms in total. The second-order valence-corrected chi connectivity index (χ2v) is 8.22. The van der Waals surface area contributed by atoms with Gasteiger partial charge in [-0.3, -0.25) is 9.69 Å². The number of carbonyl (C=O) groups excluding carboxylic acids is 1. The standard InChI is InChI=1S/C25H28N2O3/c28-25(26-13-10-20(11-14-26)19-5-2-1-3-6-19)18-27-12-4-7-22(27)21-8-9-23-24(17-21)30-16-15-29-23/h1-3,5-6,8-10,17,22H,4,7,11-16,18H2/t22-/m1/s1. The largest absolute Gasteiger partial charge is 0.486 e. The molecule has 0 bridgehead atoms. The van der Waals surface area contributed by atoms with Gasteiger partial charge in [0.05, 0.1) is 6.54 Å². The minimum absolute atomic E-state index is 0.225. The van der Waals surface area contributed by atoms with Crippen molar-refractivity contribution in [1.29, 1.82) is 0 Å². The van der Waals surface area contributed by atoms with E-state index >= 15 is 0 Å². The third-order valence-electron chi connectivity index (χ3n) is 6.36. The summed E-state index contributed by atoms with van der Waals surface area (Å²) in [4.78, 5) is 17.3. The fraction of sp³-hybridized carbons (Fsp3) is 0.400. The molecule has 0 saturated carbocycles. The van der Waals surface area contributed by atoms with E-state index in [1.54, 1.807) is 0 Å². The molecule has 0 aliphatic carbocycles.